The summed E-state index contributed by atoms with van der Waals surface area (Å²) < 4.78 is 14.6. The van der Waals surface area contributed by atoms with Crippen LogP contribution in [-0.2, 0) is 9.47 Å². The van der Waals surface area contributed by atoms with Crippen LogP contribution >= 0.6 is 0 Å². The summed E-state index contributed by atoms with van der Waals surface area (Å²) in [5.74, 6) is 0.164. The molecular formula is C21H21N5O5. The van der Waals surface area contributed by atoms with Gasteiger partial charge in [-0.1, -0.05) is 0 Å². The molecule has 10 nitrogen and oxygen atoms in total. The third kappa shape index (κ3) is 4.99. The van der Waals surface area contributed by atoms with Crippen LogP contribution in [0.15, 0.2) is 48.8 Å². The van der Waals surface area contributed by atoms with Gasteiger partial charge in [-0.05, 0) is 42.5 Å². The Morgan fingerprint density at radius 1 is 0.806 bits per heavy atom. The van der Waals surface area contributed by atoms with E-state index in [1.165, 1.54) is 38.7 Å². The molecule has 3 aromatic rings. The highest BCUT2D eigenvalue weighted by atomic mass is 16.5. The minimum Gasteiger partial charge on any atom is -0.497 e. The molecule has 0 radical (unpaired) electrons. The zero-order valence-corrected chi connectivity index (χ0v) is 17.1. The second kappa shape index (κ2) is 9.44. The van der Waals surface area contributed by atoms with E-state index in [4.69, 9.17) is 19.9 Å². The Morgan fingerprint density at radius 3 is 1.81 bits per heavy atom. The van der Waals surface area contributed by atoms with Crippen LogP contribution in [0, 0.1) is 0 Å². The number of benzene rings is 2. The molecular weight excluding hydrogens is 402 g/mol. The van der Waals surface area contributed by atoms with E-state index in [1.54, 1.807) is 19.2 Å². The Kier molecular flexibility index (Phi) is 6.51. The van der Waals surface area contributed by atoms with E-state index < -0.39 is 11.9 Å². The van der Waals surface area contributed by atoms with Crippen LogP contribution in [-0.4, -0.2) is 43.2 Å². The number of carbonyl (C=O) groups is 2. The third-order valence-corrected chi connectivity index (χ3v) is 4.27. The summed E-state index contributed by atoms with van der Waals surface area (Å²) in [6, 6.07) is 11.6. The molecule has 0 aliphatic carbocycles. The minimum absolute atomic E-state index is 0.164. The van der Waals surface area contributed by atoms with Gasteiger partial charge in [-0.2, -0.15) is 0 Å². The molecule has 10 heteroatoms. The predicted molar refractivity (Wildman–Crippen MR) is 115 cm³/mol. The maximum absolute atomic E-state index is 12.0. The molecule has 31 heavy (non-hydrogen) atoms. The number of nitrogen functional groups attached to an aromatic ring is 1. The maximum Gasteiger partial charge on any atom is 0.337 e. The molecule has 0 bridgehead atoms. The summed E-state index contributed by atoms with van der Waals surface area (Å²) >= 11 is 0. The summed E-state index contributed by atoms with van der Waals surface area (Å²) in [6.07, 6.45) is 1.33. The molecule has 0 spiro atoms. The topological polar surface area (TPSA) is 138 Å². The molecule has 160 valence electrons. The number of nitrogens with zero attached hydrogens (tertiary/aromatic N) is 2. The first-order chi connectivity index (χ1) is 14.9. The number of hydrogen-bond acceptors (Lipinski definition) is 10. The van der Waals surface area contributed by atoms with Crippen LogP contribution in [0.1, 0.15) is 20.7 Å². The summed E-state index contributed by atoms with van der Waals surface area (Å²) in [4.78, 5) is 32.3. The van der Waals surface area contributed by atoms with Crippen LogP contribution in [0.3, 0.4) is 0 Å². The molecule has 1 aromatic heterocycles. The van der Waals surface area contributed by atoms with Gasteiger partial charge in [0.05, 0.1) is 32.5 Å². The van der Waals surface area contributed by atoms with Crippen LogP contribution in [0.2, 0.25) is 0 Å². The molecule has 4 N–H and O–H groups in total. The van der Waals surface area contributed by atoms with Crippen molar-refractivity contribution in [3.63, 3.8) is 0 Å². The number of anilines is 5. The number of carbonyl (C=O) groups excluding carboxylic acids is 2. The van der Waals surface area contributed by atoms with Gasteiger partial charge in [-0.15, -0.1) is 0 Å². The van der Waals surface area contributed by atoms with Gasteiger partial charge in [0.15, 0.2) is 11.6 Å². The second-order valence-electron chi connectivity index (χ2n) is 6.25. The minimum atomic E-state index is -0.605. The van der Waals surface area contributed by atoms with Crippen molar-refractivity contribution >= 4 is 40.6 Å². The van der Waals surface area contributed by atoms with Crippen LogP contribution in [0.25, 0.3) is 0 Å². The van der Waals surface area contributed by atoms with Crippen molar-refractivity contribution in [1.29, 1.82) is 0 Å². The van der Waals surface area contributed by atoms with Gasteiger partial charge in [0.1, 0.15) is 17.8 Å². The fourth-order valence-corrected chi connectivity index (χ4v) is 2.71. The molecule has 0 aliphatic heterocycles. The van der Waals surface area contributed by atoms with Crippen molar-refractivity contribution in [3.8, 4) is 5.75 Å². The Balaban J connectivity index is 1.90. The Labute approximate surface area is 178 Å². The molecule has 0 atom stereocenters. The van der Waals surface area contributed by atoms with Crippen LogP contribution in [0.4, 0.5) is 28.7 Å². The number of methoxy groups -OCH3 is 3. The lowest BCUT2D eigenvalue weighted by molar-refractivity contribution is 0.0599. The molecule has 0 saturated heterocycles. The monoisotopic (exact) mass is 423 g/mol. The van der Waals surface area contributed by atoms with E-state index in [0.29, 0.717) is 11.5 Å². The van der Waals surface area contributed by atoms with Gasteiger partial charge in [0, 0.05) is 11.4 Å². The van der Waals surface area contributed by atoms with Crippen molar-refractivity contribution < 1.29 is 23.8 Å². The standard InChI is InChI=1S/C21H21N5O5/c1-29-16-6-4-14(5-7-16)25-18-17(22)19(24-11-23-18)26-15-9-12(20(27)30-2)8-13(10-15)21(28)31-3/h4-11H,22H2,1-3H3,(H2,23,24,25,26). The Morgan fingerprint density at radius 2 is 1.32 bits per heavy atom. The quantitative estimate of drug-likeness (QED) is 0.486. The number of aromatic nitrogens is 2. The molecule has 0 saturated carbocycles. The summed E-state index contributed by atoms with van der Waals surface area (Å²) in [5.41, 5.74) is 7.93. The predicted octanol–water partition coefficient (Wildman–Crippen LogP) is 3.13. The number of nitrogens with one attached hydrogen (secondary N) is 2. The van der Waals surface area contributed by atoms with Crippen molar-refractivity contribution in [2.45, 2.75) is 0 Å². The first-order valence-electron chi connectivity index (χ1n) is 9.05. The van der Waals surface area contributed by atoms with Gasteiger partial charge in [-0.3, -0.25) is 0 Å². The normalized spacial score (nSPS) is 10.2. The van der Waals surface area contributed by atoms with Gasteiger partial charge < -0.3 is 30.6 Å². The lowest BCUT2D eigenvalue weighted by atomic mass is 10.1. The van der Waals surface area contributed by atoms with E-state index in [9.17, 15) is 9.59 Å². The maximum atomic E-state index is 12.0. The first-order valence-corrected chi connectivity index (χ1v) is 9.05. The van der Waals surface area contributed by atoms with Crippen molar-refractivity contribution in [2.75, 3.05) is 37.7 Å². The lowest BCUT2D eigenvalue weighted by Crippen LogP contribution is -2.09. The fraction of sp³-hybridized carbons (Fsp3) is 0.143. The second-order valence-corrected chi connectivity index (χ2v) is 6.25. The molecule has 0 unspecified atom stereocenters. The largest absolute Gasteiger partial charge is 0.497 e. The number of esters is 2. The number of hydrogen-bond donors (Lipinski definition) is 3. The third-order valence-electron chi connectivity index (χ3n) is 4.27. The average Bonchev–Trinajstić information content (AvgIpc) is 2.80. The van der Waals surface area contributed by atoms with Crippen molar-refractivity contribution in [1.82, 2.24) is 9.97 Å². The highest BCUT2D eigenvalue weighted by Gasteiger charge is 2.15. The number of nitrogens with two attached hydrogens (primary N) is 1. The average molecular weight is 423 g/mol. The highest BCUT2D eigenvalue weighted by Crippen LogP contribution is 2.29. The van der Waals surface area contributed by atoms with E-state index >= 15 is 0 Å². The van der Waals surface area contributed by atoms with E-state index in [0.717, 1.165) is 11.4 Å². The van der Waals surface area contributed by atoms with E-state index in [1.807, 2.05) is 12.1 Å². The van der Waals surface area contributed by atoms with Crippen molar-refractivity contribution in [2.24, 2.45) is 0 Å². The van der Waals surface area contributed by atoms with Gasteiger partial charge in [0.2, 0.25) is 0 Å². The highest BCUT2D eigenvalue weighted by molar-refractivity contribution is 5.97. The summed E-state index contributed by atoms with van der Waals surface area (Å²) in [5, 5.41) is 6.11. The molecule has 0 amide bonds. The summed E-state index contributed by atoms with van der Waals surface area (Å²) in [6.45, 7) is 0. The van der Waals surface area contributed by atoms with Gasteiger partial charge in [-0.25, -0.2) is 19.6 Å². The smallest absolute Gasteiger partial charge is 0.337 e. The van der Waals surface area contributed by atoms with E-state index in [2.05, 4.69) is 20.6 Å². The molecule has 0 aliphatic rings. The SMILES string of the molecule is COC(=O)c1cc(Nc2ncnc(Nc3ccc(OC)cc3)c2N)cc(C(=O)OC)c1. The number of rotatable bonds is 7. The molecule has 0 fully saturated rings. The van der Waals surface area contributed by atoms with Gasteiger partial charge in [0.25, 0.3) is 0 Å². The summed E-state index contributed by atoms with van der Waals surface area (Å²) in [7, 11) is 4.09. The number of ether oxygens (including phenoxy) is 3. The first kappa shape index (κ1) is 21.4. The fourth-order valence-electron chi connectivity index (χ4n) is 2.71. The van der Waals surface area contributed by atoms with Crippen LogP contribution in [0.5, 0.6) is 5.75 Å². The zero-order valence-electron chi connectivity index (χ0n) is 17.1. The van der Waals surface area contributed by atoms with Crippen LogP contribution < -0.4 is 21.1 Å². The zero-order chi connectivity index (χ0) is 22.4. The Bertz CT molecular complexity index is 1070. The lowest BCUT2D eigenvalue weighted by Gasteiger charge is -2.14. The van der Waals surface area contributed by atoms with E-state index in [-0.39, 0.29) is 22.6 Å². The van der Waals surface area contributed by atoms with Crippen molar-refractivity contribution in [3.05, 3.63) is 59.9 Å². The molecule has 1 heterocycles. The molecule has 3 rings (SSSR count). The Hall–Kier alpha value is -4.34. The molecule has 2 aromatic carbocycles. The van der Waals surface area contributed by atoms with Gasteiger partial charge >= 0.3 is 11.9 Å².